The Kier molecular flexibility index (Phi) is 10.9. The Morgan fingerprint density at radius 1 is 1.36 bits per heavy atom. The van der Waals surface area contributed by atoms with Crippen LogP contribution in [-0.2, 0) is 14.8 Å². The van der Waals surface area contributed by atoms with Gasteiger partial charge in [-0.1, -0.05) is 18.2 Å². The molecule has 0 atom stereocenters. The summed E-state index contributed by atoms with van der Waals surface area (Å²) in [5, 5.41) is 0. The van der Waals surface area contributed by atoms with Crippen molar-refractivity contribution in [1.82, 2.24) is 0 Å². The molecule has 0 spiro atoms. The molecule has 1 aromatic rings. The van der Waals surface area contributed by atoms with Crippen molar-refractivity contribution in [2.24, 2.45) is 0 Å². The number of esters is 1. The van der Waals surface area contributed by atoms with Crippen molar-refractivity contribution < 1.29 is 19.6 Å². The molecular weight excluding hydrogens is 459 g/mol. The van der Waals surface area contributed by atoms with E-state index in [1.165, 1.54) is 0 Å². The molecule has 0 amide bonds. The third-order valence-electron chi connectivity index (χ3n) is 1.28. The van der Waals surface area contributed by atoms with Crippen molar-refractivity contribution in [3.8, 4) is 0 Å². The van der Waals surface area contributed by atoms with Crippen LogP contribution in [0.1, 0.15) is 17.3 Å². The van der Waals surface area contributed by atoms with Crippen molar-refractivity contribution in [2.45, 2.75) is 6.92 Å². The summed E-state index contributed by atoms with van der Waals surface area (Å²) in [6.45, 7) is 2.22. The summed E-state index contributed by atoms with van der Waals surface area (Å²) in [4.78, 5) is 11.0. The van der Waals surface area contributed by atoms with E-state index in [0.717, 1.165) is 0 Å². The number of hydrogen-bond acceptors (Lipinski definition) is 2. The van der Waals surface area contributed by atoms with Crippen LogP contribution in [0.15, 0.2) is 30.3 Å². The summed E-state index contributed by atoms with van der Waals surface area (Å²) < 4.78 is 4.79. The normalized spacial score (nSPS) is 7.93. The number of carbonyl (C=O) groups is 1. The van der Waals surface area contributed by atoms with Crippen molar-refractivity contribution in [1.29, 1.82) is 0 Å². The van der Waals surface area contributed by atoms with Gasteiger partial charge in [-0.15, -0.1) is 0 Å². The first-order valence-electron chi connectivity index (χ1n) is 4.10. The minimum atomic E-state index is -0.256. The van der Waals surface area contributed by atoms with Crippen molar-refractivity contribution in [3.63, 3.8) is 0 Å². The molecule has 0 unspecified atom stereocenters. The molecule has 0 aliphatic carbocycles. The molecule has 0 heterocycles. The minimum absolute atomic E-state index is 0.0650. The molecule has 74 valence electrons. The topological polar surface area (TPSA) is 26.3 Å². The van der Waals surface area contributed by atoms with E-state index in [4.69, 9.17) is 4.74 Å². The van der Waals surface area contributed by atoms with Gasteiger partial charge in [-0.05, 0) is 19.1 Å². The molecule has 0 radical (unpaired) electrons. The van der Waals surface area contributed by atoms with Gasteiger partial charge >= 0.3 is 55.6 Å². The molecule has 0 aliphatic rings. The second-order valence-corrected chi connectivity index (χ2v) is 25.7. The Morgan fingerprint density at radius 2 is 1.86 bits per heavy atom. The van der Waals surface area contributed by atoms with Crippen LogP contribution < -0.4 is 0 Å². The molecule has 14 heavy (non-hydrogen) atoms. The molecule has 2 nitrogen and oxygen atoms in total. The molecule has 0 aliphatic heterocycles. The van der Waals surface area contributed by atoms with Crippen LogP contribution >= 0.6 is 39.5 Å². The molecule has 0 saturated heterocycles. The van der Waals surface area contributed by atoms with Gasteiger partial charge in [-0.2, -0.15) is 0 Å². The summed E-state index contributed by atoms with van der Waals surface area (Å²) >= 11 is 4.93. The first-order valence-corrected chi connectivity index (χ1v) is 22.2. The number of rotatable bonds is 2. The first-order chi connectivity index (χ1) is 6.76. The summed E-state index contributed by atoms with van der Waals surface area (Å²) in [7, 11) is 0.0650. The van der Waals surface area contributed by atoms with Crippen LogP contribution in [0.2, 0.25) is 0 Å². The van der Waals surface area contributed by atoms with E-state index >= 15 is 0 Å². The van der Waals surface area contributed by atoms with Gasteiger partial charge in [0.05, 0.1) is 12.2 Å². The molecule has 0 fully saturated rings. The Hall–Kier alpha value is 0.773. The van der Waals surface area contributed by atoms with Gasteiger partial charge < -0.3 is 4.74 Å². The number of ether oxygens (including phenoxy) is 1. The van der Waals surface area contributed by atoms with Crippen molar-refractivity contribution in [3.05, 3.63) is 35.9 Å². The Labute approximate surface area is 113 Å². The molecular formula is C9H10I2O2Zn. The maximum absolute atomic E-state index is 11.0. The van der Waals surface area contributed by atoms with Gasteiger partial charge in [0.2, 0.25) is 0 Å². The summed E-state index contributed by atoms with van der Waals surface area (Å²) in [5.41, 5.74) is 0.606. The average molecular weight is 469 g/mol. The van der Waals surface area contributed by atoms with E-state index < -0.39 is 0 Å². The van der Waals surface area contributed by atoms with Gasteiger partial charge in [-0.3, -0.25) is 0 Å². The Morgan fingerprint density at radius 3 is 2.29 bits per heavy atom. The van der Waals surface area contributed by atoms with Crippen molar-refractivity contribution in [2.75, 3.05) is 6.61 Å². The number of halogens is 2. The fourth-order valence-electron chi connectivity index (χ4n) is 0.789. The fraction of sp³-hybridized carbons (Fsp3) is 0.222. The third kappa shape index (κ3) is 7.12. The maximum atomic E-state index is 11.0. The van der Waals surface area contributed by atoms with E-state index in [9.17, 15) is 4.79 Å². The average Bonchev–Trinajstić information content (AvgIpc) is 2.21. The van der Waals surface area contributed by atoms with Crippen molar-refractivity contribution >= 4 is 45.5 Å². The molecule has 0 saturated carbocycles. The number of benzene rings is 1. The molecule has 0 bridgehead atoms. The van der Waals surface area contributed by atoms with E-state index in [2.05, 4.69) is 39.5 Å². The van der Waals surface area contributed by atoms with Crippen LogP contribution in [0.3, 0.4) is 0 Å². The monoisotopic (exact) mass is 468 g/mol. The van der Waals surface area contributed by atoms with Gasteiger partial charge in [-0.25, -0.2) is 4.79 Å². The Bertz CT molecular complexity index is 254. The van der Waals surface area contributed by atoms with E-state index in [-0.39, 0.29) is 16.1 Å². The second kappa shape index (κ2) is 10.3. The van der Waals surface area contributed by atoms with Crippen LogP contribution in [0.5, 0.6) is 0 Å². The van der Waals surface area contributed by atoms with Crippen LogP contribution in [-0.4, -0.2) is 12.6 Å². The fourth-order valence-corrected chi connectivity index (χ4v) is 0.789. The number of hydrogen-bond donors (Lipinski definition) is 0. The molecule has 1 aromatic carbocycles. The summed E-state index contributed by atoms with van der Waals surface area (Å²) in [6.07, 6.45) is 0. The van der Waals surface area contributed by atoms with Crippen LogP contribution in [0.4, 0.5) is 0 Å². The predicted octanol–water partition coefficient (Wildman–Crippen LogP) is 3.63. The van der Waals surface area contributed by atoms with Gasteiger partial charge in [0.25, 0.3) is 0 Å². The van der Waals surface area contributed by atoms with Crippen LogP contribution in [0.25, 0.3) is 0 Å². The molecule has 1 rings (SSSR count). The zero-order valence-electron chi connectivity index (χ0n) is 7.87. The van der Waals surface area contributed by atoms with Gasteiger partial charge in [0, 0.05) is 0 Å². The molecule has 0 N–H and O–H groups in total. The Balaban J connectivity index is 0.000000500. The van der Waals surface area contributed by atoms with E-state index in [1.54, 1.807) is 19.1 Å². The number of carbonyl (C=O) groups excluding carboxylic acids is 1. The second-order valence-electron chi connectivity index (χ2n) is 2.19. The van der Waals surface area contributed by atoms with Gasteiger partial charge in [0.1, 0.15) is 0 Å². The summed E-state index contributed by atoms with van der Waals surface area (Å²) in [6, 6.07) is 8.96. The molecule has 0 aromatic heterocycles. The first kappa shape index (κ1) is 14.8. The SMILES string of the molecule is CCOC(=O)c1ccccc1.[I][Zn][I]. The standard InChI is InChI=1S/C9H10O2.2HI.Zn/c1-2-11-9(10)8-6-4-3-5-7-8;;;/h3-7H,2H2,1H3;2*1H;/q;;;+2/p-2. The summed E-state index contributed by atoms with van der Waals surface area (Å²) in [5.74, 6) is -0.256. The third-order valence-corrected chi connectivity index (χ3v) is 1.28. The van der Waals surface area contributed by atoms with Crippen LogP contribution in [0, 0.1) is 0 Å². The zero-order chi connectivity index (χ0) is 10.8. The molecule has 5 heteroatoms. The quantitative estimate of drug-likeness (QED) is 0.376. The van der Waals surface area contributed by atoms with E-state index in [1.807, 2.05) is 18.2 Å². The van der Waals surface area contributed by atoms with E-state index in [0.29, 0.717) is 12.2 Å². The van der Waals surface area contributed by atoms with Gasteiger partial charge in [0.15, 0.2) is 0 Å². The predicted molar refractivity (Wildman–Crippen MR) is 70.4 cm³/mol. The zero-order valence-corrected chi connectivity index (χ0v) is 15.2.